The van der Waals surface area contributed by atoms with Gasteiger partial charge in [-0.25, -0.2) is 0 Å². The third-order valence-corrected chi connectivity index (χ3v) is 3.43. The zero-order chi connectivity index (χ0) is 10.7. The van der Waals surface area contributed by atoms with Gasteiger partial charge in [-0.2, -0.15) is 0 Å². The van der Waals surface area contributed by atoms with Crippen molar-refractivity contribution in [2.45, 2.75) is 39.5 Å². The Labute approximate surface area is 96.2 Å². The number of halogens is 2. The third-order valence-electron chi connectivity index (χ3n) is 2.71. The van der Waals surface area contributed by atoms with Crippen LogP contribution in [-0.4, -0.2) is 0 Å². The Hall–Kier alpha value is -0.200. The monoisotopic (exact) mass is 230 g/mol. The molecule has 1 aromatic carbocycles. The van der Waals surface area contributed by atoms with Crippen molar-refractivity contribution >= 4 is 23.2 Å². The fraction of sp³-hybridized carbons (Fsp3) is 0.500. The predicted molar refractivity (Wildman–Crippen MR) is 64.5 cm³/mol. The lowest BCUT2D eigenvalue weighted by Crippen LogP contribution is -1.98. The van der Waals surface area contributed by atoms with Gasteiger partial charge >= 0.3 is 0 Å². The molecular weight excluding hydrogens is 215 g/mol. The molecular formula is C12H16Cl2. The van der Waals surface area contributed by atoms with E-state index in [0.29, 0.717) is 16.0 Å². The highest BCUT2D eigenvalue weighted by Gasteiger charge is 2.10. The molecule has 0 heterocycles. The second-order valence-corrected chi connectivity index (χ2v) is 4.44. The van der Waals surface area contributed by atoms with Crippen molar-refractivity contribution < 1.29 is 0 Å². The zero-order valence-electron chi connectivity index (χ0n) is 8.90. The Morgan fingerprint density at radius 2 is 1.71 bits per heavy atom. The van der Waals surface area contributed by atoms with Crippen molar-refractivity contribution in [1.82, 2.24) is 0 Å². The van der Waals surface area contributed by atoms with E-state index in [1.165, 1.54) is 11.1 Å². The molecule has 0 fully saturated rings. The van der Waals surface area contributed by atoms with Crippen LogP contribution in [0.25, 0.3) is 0 Å². The van der Waals surface area contributed by atoms with E-state index >= 15 is 0 Å². The largest absolute Gasteiger partial charge is 0.0827 e. The molecule has 78 valence electrons. The highest BCUT2D eigenvalue weighted by molar-refractivity contribution is 6.42. The molecule has 1 aromatic rings. The second kappa shape index (κ2) is 5.04. The highest BCUT2D eigenvalue weighted by atomic mass is 35.5. The van der Waals surface area contributed by atoms with Gasteiger partial charge in [0.1, 0.15) is 0 Å². The number of benzene rings is 1. The molecule has 0 nitrogen and oxygen atoms in total. The Kier molecular flexibility index (Phi) is 4.28. The summed E-state index contributed by atoms with van der Waals surface area (Å²) in [7, 11) is 0. The van der Waals surface area contributed by atoms with Gasteiger partial charge in [-0.05, 0) is 42.0 Å². The molecule has 1 atom stereocenters. The van der Waals surface area contributed by atoms with Crippen LogP contribution >= 0.6 is 23.2 Å². The molecule has 0 aliphatic rings. The Morgan fingerprint density at radius 1 is 1.14 bits per heavy atom. The molecule has 1 rings (SSSR count). The topological polar surface area (TPSA) is 0 Å². The molecule has 0 bridgehead atoms. The first-order chi connectivity index (χ1) is 6.60. The van der Waals surface area contributed by atoms with E-state index in [2.05, 4.69) is 20.8 Å². The molecule has 0 radical (unpaired) electrons. The average molecular weight is 231 g/mol. The van der Waals surface area contributed by atoms with Gasteiger partial charge in [0, 0.05) is 0 Å². The van der Waals surface area contributed by atoms with E-state index in [1.807, 2.05) is 12.1 Å². The summed E-state index contributed by atoms with van der Waals surface area (Å²) < 4.78 is 0. The molecule has 0 amide bonds. The molecule has 0 saturated heterocycles. The average Bonchev–Trinajstić information content (AvgIpc) is 2.20. The van der Waals surface area contributed by atoms with Gasteiger partial charge in [0.15, 0.2) is 0 Å². The SMILES string of the molecule is CCc1cc(Cl)c(Cl)cc1[C@@H](C)CC. The molecule has 0 N–H and O–H groups in total. The van der Waals surface area contributed by atoms with Gasteiger partial charge in [0.05, 0.1) is 10.0 Å². The second-order valence-electron chi connectivity index (χ2n) is 3.63. The maximum absolute atomic E-state index is 6.01. The van der Waals surface area contributed by atoms with Crippen LogP contribution in [0.5, 0.6) is 0 Å². The first-order valence-corrected chi connectivity index (χ1v) is 5.83. The molecule has 0 spiro atoms. The summed E-state index contributed by atoms with van der Waals surface area (Å²) in [5.41, 5.74) is 2.65. The summed E-state index contributed by atoms with van der Waals surface area (Å²) >= 11 is 12.0. The van der Waals surface area contributed by atoms with Crippen molar-refractivity contribution in [1.29, 1.82) is 0 Å². The van der Waals surface area contributed by atoms with E-state index in [4.69, 9.17) is 23.2 Å². The first kappa shape index (κ1) is 11.9. The maximum Gasteiger partial charge on any atom is 0.0595 e. The zero-order valence-corrected chi connectivity index (χ0v) is 10.4. The molecule has 0 aliphatic heterocycles. The van der Waals surface area contributed by atoms with Gasteiger partial charge in [0.2, 0.25) is 0 Å². The molecule has 0 saturated carbocycles. The van der Waals surface area contributed by atoms with E-state index in [0.717, 1.165) is 12.8 Å². The van der Waals surface area contributed by atoms with Crippen LogP contribution in [0.15, 0.2) is 12.1 Å². The fourth-order valence-electron chi connectivity index (χ4n) is 1.59. The molecule has 0 aliphatic carbocycles. The number of hydrogen-bond donors (Lipinski definition) is 0. The minimum atomic E-state index is 0.555. The summed E-state index contributed by atoms with van der Waals surface area (Å²) in [6, 6.07) is 4.00. The number of aryl methyl sites for hydroxylation is 1. The van der Waals surface area contributed by atoms with Gasteiger partial charge in [-0.3, -0.25) is 0 Å². The summed E-state index contributed by atoms with van der Waals surface area (Å²) in [6.07, 6.45) is 2.14. The van der Waals surface area contributed by atoms with Crippen LogP contribution in [0, 0.1) is 0 Å². The third kappa shape index (κ3) is 2.43. The molecule has 0 aromatic heterocycles. The van der Waals surface area contributed by atoms with Crippen molar-refractivity contribution in [3.8, 4) is 0 Å². The Bertz CT molecular complexity index is 318. The van der Waals surface area contributed by atoms with Crippen LogP contribution in [-0.2, 0) is 6.42 Å². The Morgan fingerprint density at radius 3 is 2.21 bits per heavy atom. The standard InChI is InChI=1S/C12H16Cl2/c1-4-8(3)10-7-12(14)11(13)6-9(10)5-2/h6-8H,4-5H2,1-3H3/t8-/m0/s1. The van der Waals surface area contributed by atoms with Crippen LogP contribution < -0.4 is 0 Å². The van der Waals surface area contributed by atoms with Gasteiger partial charge in [-0.15, -0.1) is 0 Å². The summed E-state index contributed by atoms with van der Waals surface area (Å²) in [4.78, 5) is 0. The minimum absolute atomic E-state index is 0.555. The van der Waals surface area contributed by atoms with Gasteiger partial charge in [-0.1, -0.05) is 44.0 Å². The quantitative estimate of drug-likeness (QED) is 0.681. The summed E-state index contributed by atoms with van der Waals surface area (Å²) in [5, 5.41) is 1.33. The maximum atomic E-state index is 6.01. The van der Waals surface area contributed by atoms with E-state index in [-0.39, 0.29) is 0 Å². The highest BCUT2D eigenvalue weighted by Crippen LogP contribution is 2.31. The van der Waals surface area contributed by atoms with Crippen molar-refractivity contribution in [3.05, 3.63) is 33.3 Å². The van der Waals surface area contributed by atoms with Crippen molar-refractivity contribution in [2.24, 2.45) is 0 Å². The fourth-order valence-corrected chi connectivity index (χ4v) is 1.95. The lowest BCUT2D eigenvalue weighted by Gasteiger charge is -2.15. The van der Waals surface area contributed by atoms with Crippen molar-refractivity contribution in [2.75, 3.05) is 0 Å². The molecule has 14 heavy (non-hydrogen) atoms. The number of hydrogen-bond acceptors (Lipinski definition) is 0. The van der Waals surface area contributed by atoms with Gasteiger partial charge in [0.25, 0.3) is 0 Å². The first-order valence-electron chi connectivity index (χ1n) is 5.07. The summed E-state index contributed by atoms with van der Waals surface area (Å²) in [6.45, 7) is 6.55. The van der Waals surface area contributed by atoms with Crippen LogP contribution in [0.3, 0.4) is 0 Å². The smallest absolute Gasteiger partial charge is 0.0595 e. The molecule has 2 heteroatoms. The van der Waals surface area contributed by atoms with Crippen molar-refractivity contribution in [3.63, 3.8) is 0 Å². The van der Waals surface area contributed by atoms with Gasteiger partial charge < -0.3 is 0 Å². The Balaban J connectivity index is 3.19. The van der Waals surface area contributed by atoms with E-state index in [1.54, 1.807) is 0 Å². The molecule has 0 unspecified atom stereocenters. The lowest BCUT2D eigenvalue weighted by molar-refractivity contribution is 0.723. The normalized spacial score (nSPS) is 12.9. The van der Waals surface area contributed by atoms with E-state index in [9.17, 15) is 0 Å². The van der Waals surface area contributed by atoms with Crippen LogP contribution in [0.1, 0.15) is 44.2 Å². The number of rotatable bonds is 3. The predicted octanol–water partition coefficient (Wildman–Crippen LogP) is 5.07. The minimum Gasteiger partial charge on any atom is -0.0827 e. The summed E-state index contributed by atoms with van der Waals surface area (Å²) in [5.74, 6) is 0.555. The lowest BCUT2D eigenvalue weighted by atomic mass is 9.92. The van der Waals surface area contributed by atoms with Crippen LogP contribution in [0.2, 0.25) is 10.0 Å². The van der Waals surface area contributed by atoms with Crippen LogP contribution in [0.4, 0.5) is 0 Å². The van der Waals surface area contributed by atoms with E-state index < -0.39 is 0 Å².